The molecule has 0 saturated carbocycles. The molecule has 0 aromatic heterocycles. The Balaban J connectivity index is 2.95. The van der Waals surface area contributed by atoms with E-state index in [2.05, 4.69) is 50.1 Å². The lowest BCUT2D eigenvalue weighted by atomic mass is 10.1. The maximum absolute atomic E-state index is 12.5. The molecule has 1 rings (SSSR count). The summed E-state index contributed by atoms with van der Waals surface area (Å²) >= 11 is 4.06. The van der Waals surface area contributed by atoms with Crippen LogP contribution >= 0.6 is 12.6 Å². The SMILES string of the molecule is CNCCCC1NC(=O)C(CS)NC(=O)CNC(=O)C(CC(=O)O)NNCNC1=O. The first-order chi connectivity index (χ1) is 14.3. The third-order valence-electron chi connectivity index (χ3n) is 4.13. The van der Waals surface area contributed by atoms with E-state index in [1.54, 1.807) is 7.05 Å². The molecule has 14 heteroatoms. The van der Waals surface area contributed by atoms with Gasteiger partial charge in [-0.05, 0) is 26.4 Å². The molecule has 30 heavy (non-hydrogen) atoms. The number of hydrazine groups is 1. The van der Waals surface area contributed by atoms with Crippen LogP contribution in [0.15, 0.2) is 0 Å². The zero-order valence-corrected chi connectivity index (χ0v) is 17.5. The predicted octanol–water partition coefficient (Wildman–Crippen LogP) is -3.97. The second kappa shape index (κ2) is 13.7. The highest BCUT2D eigenvalue weighted by Gasteiger charge is 2.27. The molecule has 8 N–H and O–H groups in total. The Morgan fingerprint density at radius 1 is 1.07 bits per heavy atom. The zero-order valence-electron chi connectivity index (χ0n) is 16.6. The van der Waals surface area contributed by atoms with Crippen LogP contribution in [0.5, 0.6) is 0 Å². The molecule has 1 saturated heterocycles. The van der Waals surface area contributed by atoms with Crippen LogP contribution < -0.4 is 37.4 Å². The van der Waals surface area contributed by atoms with Gasteiger partial charge < -0.3 is 31.7 Å². The number of carbonyl (C=O) groups excluding carboxylic acids is 4. The van der Waals surface area contributed by atoms with Crippen molar-refractivity contribution in [3.63, 3.8) is 0 Å². The second-order valence-corrected chi connectivity index (χ2v) is 6.88. The van der Waals surface area contributed by atoms with E-state index in [0.29, 0.717) is 19.4 Å². The fourth-order valence-corrected chi connectivity index (χ4v) is 2.82. The number of carboxylic acids is 1. The summed E-state index contributed by atoms with van der Waals surface area (Å²) in [7, 11) is 1.76. The average Bonchev–Trinajstić information content (AvgIpc) is 2.70. The molecule has 0 aliphatic carbocycles. The smallest absolute Gasteiger partial charge is 0.305 e. The number of rotatable bonds is 7. The predicted molar refractivity (Wildman–Crippen MR) is 109 cm³/mol. The van der Waals surface area contributed by atoms with Crippen molar-refractivity contribution in [3.8, 4) is 0 Å². The molecular weight excluding hydrogens is 418 g/mol. The van der Waals surface area contributed by atoms with Crippen LogP contribution in [0.4, 0.5) is 0 Å². The summed E-state index contributed by atoms with van der Waals surface area (Å²) in [6.07, 6.45) is 0.401. The first-order valence-electron chi connectivity index (χ1n) is 9.39. The monoisotopic (exact) mass is 447 g/mol. The van der Waals surface area contributed by atoms with Gasteiger partial charge in [-0.3, -0.25) is 24.0 Å². The molecule has 1 fully saturated rings. The summed E-state index contributed by atoms with van der Waals surface area (Å²) in [5.41, 5.74) is 5.06. The number of nitrogens with one attached hydrogen (secondary N) is 7. The lowest BCUT2D eigenvalue weighted by Gasteiger charge is -2.22. The normalized spacial score (nSPS) is 24.5. The molecule has 170 valence electrons. The molecule has 0 radical (unpaired) electrons. The number of thiol groups is 1. The maximum Gasteiger partial charge on any atom is 0.305 e. The van der Waals surface area contributed by atoms with Gasteiger partial charge in [-0.15, -0.1) is 0 Å². The van der Waals surface area contributed by atoms with Gasteiger partial charge in [-0.25, -0.2) is 10.9 Å². The van der Waals surface area contributed by atoms with Gasteiger partial charge in [0, 0.05) is 5.75 Å². The minimum absolute atomic E-state index is 0.0267. The highest BCUT2D eigenvalue weighted by molar-refractivity contribution is 7.80. The van der Waals surface area contributed by atoms with E-state index in [0.717, 1.165) is 0 Å². The molecule has 0 bridgehead atoms. The average molecular weight is 448 g/mol. The summed E-state index contributed by atoms with van der Waals surface area (Å²) in [6, 6.07) is -3.07. The summed E-state index contributed by atoms with van der Waals surface area (Å²) in [4.78, 5) is 60.2. The van der Waals surface area contributed by atoms with Crippen molar-refractivity contribution in [3.05, 3.63) is 0 Å². The molecule has 3 atom stereocenters. The molecule has 0 aromatic carbocycles. The number of aliphatic carboxylic acids is 1. The number of carbonyl (C=O) groups is 5. The minimum Gasteiger partial charge on any atom is -0.481 e. The van der Waals surface area contributed by atoms with Crippen molar-refractivity contribution >= 4 is 42.2 Å². The van der Waals surface area contributed by atoms with Crippen LogP contribution in [0.3, 0.4) is 0 Å². The van der Waals surface area contributed by atoms with Crippen molar-refractivity contribution in [2.45, 2.75) is 37.4 Å². The number of hydrogen-bond donors (Lipinski definition) is 9. The Bertz CT molecular complexity index is 635. The van der Waals surface area contributed by atoms with Crippen LogP contribution in [0, 0.1) is 0 Å². The first-order valence-corrected chi connectivity index (χ1v) is 10.0. The maximum atomic E-state index is 12.5. The molecule has 0 spiro atoms. The number of hydrogen-bond acceptors (Lipinski definition) is 9. The Morgan fingerprint density at radius 2 is 1.77 bits per heavy atom. The Kier molecular flexibility index (Phi) is 11.7. The molecular formula is C16H29N7O6S. The molecule has 1 aliphatic heterocycles. The van der Waals surface area contributed by atoms with Gasteiger partial charge in [0.2, 0.25) is 23.6 Å². The molecule has 1 heterocycles. The van der Waals surface area contributed by atoms with E-state index in [-0.39, 0.29) is 12.4 Å². The quantitative estimate of drug-likeness (QED) is 0.138. The van der Waals surface area contributed by atoms with E-state index >= 15 is 0 Å². The standard InChI is InChI=1S/C16H29N7O6S/c1-17-4-2-3-9-14(27)19-8-20-23-10(5-13(25)26)15(28)18-6-12(24)21-11(7-30)16(29)22-9/h9-11,17,20,23,30H,2-8H2,1H3,(H,18,28)(H,19,27)(H,21,24)(H,22,29)(H,25,26). The van der Waals surface area contributed by atoms with Gasteiger partial charge in [0.1, 0.15) is 18.1 Å². The summed E-state index contributed by atoms with van der Waals surface area (Å²) < 4.78 is 0. The van der Waals surface area contributed by atoms with E-state index in [1.165, 1.54) is 0 Å². The van der Waals surface area contributed by atoms with Gasteiger partial charge in [-0.1, -0.05) is 0 Å². The molecule has 4 amide bonds. The lowest BCUT2D eigenvalue weighted by Crippen LogP contribution is -2.56. The van der Waals surface area contributed by atoms with Crippen molar-refractivity contribution in [2.75, 3.05) is 32.6 Å². The third-order valence-corrected chi connectivity index (χ3v) is 4.50. The molecule has 3 unspecified atom stereocenters. The highest BCUT2D eigenvalue weighted by Crippen LogP contribution is 2.00. The van der Waals surface area contributed by atoms with Crippen LogP contribution in [0.25, 0.3) is 0 Å². The van der Waals surface area contributed by atoms with E-state index in [9.17, 15) is 24.0 Å². The Hall–Kier alpha value is -2.42. The van der Waals surface area contributed by atoms with Crippen LogP contribution in [-0.4, -0.2) is 85.4 Å². The summed E-state index contributed by atoms with van der Waals surface area (Å²) in [5.74, 6) is -3.72. The molecule has 0 aromatic rings. The molecule has 13 nitrogen and oxygen atoms in total. The number of carboxylic acid groups (broad SMARTS) is 1. The van der Waals surface area contributed by atoms with E-state index < -0.39 is 60.7 Å². The summed E-state index contributed by atoms with van der Waals surface area (Å²) in [5, 5.41) is 21.8. The van der Waals surface area contributed by atoms with Crippen LogP contribution in [0.1, 0.15) is 19.3 Å². The number of amides is 4. The van der Waals surface area contributed by atoms with Gasteiger partial charge >= 0.3 is 5.97 Å². The van der Waals surface area contributed by atoms with Gasteiger partial charge in [-0.2, -0.15) is 12.6 Å². The van der Waals surface area contributed by atoms with Crippen molar-refractivity contribution in [1.82, 2.24) is 37.4 Å². The van der Waals surface area contributed by atoms with Gasteiger partial charge in [0.15, 0.2) is 0 Å². The van der Waals surface area contributed by atoms with Crippen LogP contribution in [0.2, 0.25) is 0 Å². The topological polar surface area (TPSA) is 190 Å². The van der Waals surface area contributed by atoms with Crippen molar-refractivity contribution in [1.29, 1.82) is 0 Å². The molecule has 1 aliphatic rings. The van der Waals surface area contributed by atoms with Gasteiger partial charge in [0.05, 0.1) is 19.6 Å². The second-order valence-electron chi connectivity index (χ2n) is 6.52. The van der Waals surface area contributed by atoms with E-state index in [1.807, 2.05) is 0 Å². The first kappa shape index (κ1) is 25.6. The highest BCUT2D eigenvalue weighted by atomic mass is 32.1. The Morgan fingerprint density at radius 3 is 2.40 bits per heavy atom. The fraction of sp³-hybridized carbons (Fsp3) is 0.688. The summed E-state index contributed by atoms with van der Waals surface area (Å²) in [6.45, 7) is 0.0433. The minimum atomic E-state index is -1.23. The Labute approximate surface area is 179 Å². The van der Waals surface area contributed by atoms with Crippen molar-refractivity contribution in [2.24, 2.45) is 0 Å². The van der Waals surface area contributed by atoms with Crippen LogP contribution in [-0.2, 0) is 24.0 Å². The third kappa shape index (κ3) is 9.39. The van der Waals surface area contributed by atoms with Gasteiger partial charge in [0.25, 0.3) is 0 Å². The zero-order chi connectivity index (χ0) is 22.5. The fourth-order valence-electron chi connectivity index (χ4n) is 2.57. The lowest BCUT2D eigenvalue weighted by molar-refractivity contribution is -0.140. The largest absolute Gasteiger partial charge is 0.481 e. The van der Waals surface area contributed by atoms with Crippen molar-refractivity contribution < 1.29 is 29.1 Å². The van der Waals surface area contributed by atoms with E-state index in [4.69, 9.17) is 5.11 Å².